The number of nitrogens with zero attached hydrogens (tertiary/aromatic N) is 1. The second kappa shape index (κ2) is 14.6. The first kappa shape index (κ1) is 32.1. The maximum atomic E-state index is 13.0. The highest BCUT2D eigenvalue weighted by molar-refractivity contribution is 8.18. The zero-order chi connectivity index (χ0) is 31.8. The van der Waals surface area contributed by atoms with Gasteiger partial charge in [0.05, 0.1) is 29.2 Å². The predicted octanol–water partition coefficient (Wildman–Crippen LogP) is 5.53. The molecule has 0 aliphatic carbocycles. The highest BCUT2D eigenvalue weighted by Gasteiger charge is 2.36. The van der Waals surface area contributed by atoms with Crippen LogP contribution in [-0.4, -0.2) is 60.7 Å². The number of carbonyl (C=O) groups excluding carboxylic acids is 5. The van der Waals surface area contributed by atoms with Gasteiger partial charge in [0.2, 0.25) is 5.91 Å². The van der Waals surface area contributed by atoms with Gasteiger partial charge >= 0.3 is 5.97 Å². The summed E-state index contributed by atoms with van der Waals surface area (Å²) < 4.78 is 16.0. The van der Waals surface area contributed by atoms with Gasteiger partial charge in [0.1, 0.15) is 6.54 Å². The summed E-state index contributed by atoms with van der Waals surface area (Å²) in [5.41, 5.74) is 2.55. The maximum absolute atomic E-state index is 13.0. The Morgan fingerprint density at radius 2 is 1.64 bits per heavy atom. The molecule has 2 N–H and O–H groups in total. The minimum atomic E-state index is -0.653. The summed E-state index contributed by atoms with van der Waals surface area (Å²) in [4.78, 5) is 63.6. The van der Waals surface area contributed by atoms with Gasteiger partial charge in [-0.1, -0.05) is 35.4 Å². The maximum Gasteiger partial charge on any atom is 0.339 e. The van der Waals surface area contributed by atoms with Crippen molar-refractivity contribution >= 4 is 69.7 Å². The van der Waals surface area contributed by atoms with Crippen molar-refractivity contribution in [3.8, 4) is 11.5 Å². The number of esters is 1. The lowest BCUT2D eigenvalue weighted by molar-refractivity contribution is -0.127. The van der Waals surface area contributed by atoms with Crippen LogP contribution in [0, 0.1) is 6.92 Å². The van der Waals surface area contributed by atoms with Crippen LogP contribution in [0.1, 0.15) is 28.4 Å². The van der Waals surface area contributed by atoms with Crippen molar-refractivity contribution < 1.29 is 38.2 Å². The number of anilines is 2. The molecule has 13 heteroatoms. The van der Waals surface area contributed by atoms with Gasteiger partial charge in [-0.15, -0.1) is 0 Å². The number of thioether (sulfide) groups is 1. The molecule has 1 fully saturated rings. The van der Waals surface area contributed by atoms with Gasteiger partial charge in [-0.25, -0.2) is 4.79 Å². The third kappa shape index (κ3) is 8.17. The standard InChI is InChI=1S/C31H28ClN3O8S/c1-4-42-30(39)22-15-21(10-11-23(22)32)34-27(36)16-35-29(38)26(44-31(35)40)14-19-7-12-24(25(13-19)41-3)43-17-28(37)33-20-8-5-18(2)6-9-20/h5-15H,4,16-17H2,1-3H3,(H,33,37)(H,34,36)/b26-14+. The topological polar surface area (TPSA) is 140 Å². The van der Waals surface area contributed by atoms with Crippen LogP contribution in [0.5, 0.6) is 11.5 Å². The lowest BCUT2D eigenvalue weighted by Gasteiger charge is -2.13. The number of aryl methyl sites for hydroxylation is 1. The molecule has 1 aliphatic rings. The quantitative estimate of drug-likeness (QED) is 0.205. The molecular formula is C31H28ClN3O8S. The third-order valence-corrected chi connectivity index (χ3v) is 7.34. The normalized spacial score (nSPS) is 13.5. The van der Waals surface area contributed by atoms with Crippen molar-refractivity contribution in [1.29, 1.82) is 0 Å². The summed E-state index contributed by atoms with van der Waals surface area (Å²) >= 11 is 6.74. The van der Waals surface area contributed by atoms with Crippen molar-refractivity contribution in [1.82, 2.24) is 4.90 Å². The highest BCUT2D eigenvalue weighted by atomic mass is 35.5. The van der Waals surface area contributed by atoms with Crippen LogP contribution >= 0.6 is 23.4 Å². The van der Waals surface area contributed by atoms with Crippen LogP contribution in [0.25, 0.3) is 6.08 Å². The fourth-order valence-corrected chi connectivity index (χ4v) is 5.00. The zero-order valence-corrected chi connectivity index (χ0v) is 25.5. The van der Waals surface area contributed by atoms with Gasteiger partial charge in [-0.05, 0) is 79.7 Å². The van der Waals surface area contributed by atoms with E-state index in [4.69, 9.17) is 25.8 Å². The van der Waals surface area contributed by atoms with Crippen LogP contribution in [0.2, 0.25) is 5.02 Å². The van der Waals surface area contributed by atoms with E-state index in [1.165, 1.54) is 31.4 Å². The first-order chi connectivity index (χ1) is 21.1. The Morgan fingerprint density at radius 3 is 2.34 bits per heavy atom. The SMILES string of the molecule is CCOC(=O)c1cc(NC(=O)CN2C(=O)S/C(=C/c3ccc(OCC(=O)Nc4ccc(C)cc4)c(OC)c3)C2=O)ccc1Cl. The summed E-state index contributed by atoms with van der Waals surface area (Å²) in [5.74, 6) is -1.68. The smallest absolute Gasteiger partial charge is 0.339 e. The molecule has 11 nitrogen and oxygen atoms in total. The fourth-order valence-electron chi connectivity index (χ4n) is 3.97. The summed E-state index contributed by atoms with van der Waals surface area (Å²) in [6, 6.07) is 16.4. The molecule has 1 saturated heterocycles. The van der Waals surface area contributed by atoms with E-state index in [1.807, 2.05) is 19.1 Å². The Bertz CT molecular complexity index is 1640. The van der Waals surface area contributed by atoms with Gasteiger partial charge in [0, 0.05) is 11.4 Å². The lowest BCUT2D eigenvalue weighted by Crippen LogP contribution is -2.36. The van der Waals surface area contributed by atoms with Gasteiger partial charge in [0.15, 0.2) is 18.1 Å². The number of hydrogen-bond donors (Lipinski definition) is 2. The monoisotopic (exact) mass is 637 g/mol. The first-order valence-corrected chi connectivity index (χ1v) is 14.5. The molecule has 0 saturated carbocycles. The molecule has 0 atom stereocenters. The van der Waals surface area contributed by atoms with Gasteiger partial charge in [0.25, 0.3) is 17.1 Å². The van der Waals surface area contributed by atoms with Crippen LogP contribution in [0.3, 0.4) is 0 Å². The lowest BCUT2D eigenvalue weighted by atomic mass is 10.2. The molecule has 0 bridgehead atoms. The summed E-state index contributed by atoms with van der Waals surface area (Å²) in [5, 5.41) is 4.83. The Morgan fingerprint density at radius 1 is 0.932 bits per heavy atom. The number of amides is 4. The highest BCUT2D eigenvalue weighted by Crippen LogP contribution is 2.34. The minimum Gasteiger partial charge on any atom is -0.493 e. The molecule has 228 valence electrons. The number of methoxy groups -OCH3 is 1. The molecule has 4 amide bonds. The molecule has 3 aromatic rings. The van der Waals surface area contributed by atoms with Crippen LogP contribution in [-0.2, 0) is 19.1 Å². The summed E-state index contributed by atoms with van der Waals surface area (Å²) in [7, 11) is 1.43. The van der Waals surface area contributed by atoms with Gasteiger partial charge < -0.3 is 24.8 Å². The summed E-state index contributed by atoms with van der Waals surface area (Å²) in [6.45, 7) is 2.95. The second-order valence-electron chi connectivity index (χ2n) is 9.34. The number of rotatable bonds is 11. The van der Waals surface area contributed by atoms with Crippen molar-refractivity contribution in [2.24, 2.45) is 0 Å². The number of halogens is 1. The number of imide groups is 1. The van der Waals surface area contributed by atoms with Gasteiger partial charge in [-0.3, -0.25) is 24.1 Å². The van der Waals surface area contributed by atoms with E-state index in [1.54, 1.807) is 37.3 Å². The van der Waals surface area contributed by atoms with Gasteiger partial charge in [-0.2, -0.15) is 0 Å². The summed E-state index contributed by atoms with van der Waals surface area (Å²) in [6.07, 6.45) is 1.49. The Hall–Kier alpha value is -4.81. The molecule has 3 aromatic carbocycles. The zero-order valence-electron chi connectivity index (χ0n) is 24.0. The molecule has 0 unspecified atom stereocenters. The predicted molar refractivity (Wildman–Crippen MR) is 167 cm³/mol. The number of carbonyl (C=O) groups is 5. The minimum absolute atomic E-state index is 0.0674. The van der Waals surface area contributed by atoms with E-state index in [-0.39, 0.29) is 40.3 Å². The average Bonchev–Trinajstić information content (AvgIpc) is 3.25. The van der Waals surface area contributed by atoms with E-state index in [9.17, 15) is 24.0 Å². The second-order valence-corrected chi connectivity index (χ2v) is 10.7. The Kier molecular flexibility index (Phi) is 10.6. The molecule has 0 radical (unpaired) electrons. The van der Waals surface area contributed by atoms with Crippen molar-refractivity contribution in [3.63, 3.8) is 0 Å². The number of ether oxygens (including phenoxy) is 3. The Balaban J connectivity index is 1.37. The van der Waals surface area contributed by atoms with Crippen molar-refractivity contribution in [2.75, 3.05) is 37.5 Å². The van der Waals surface area contributed by atoms with Crippen molar-refractivity contribution in [2.45, 2.75) is 13.8 Å². The van der Waals surface area contributed by atoms with E-state index >= 15 is 0 Å². The number of nitrogens with one attached hydrogen (secondary N) is 2. The van der Waals surface area contributed by atoms with Crippen molar-refractivity contribution in [3.05, 3.63) is 87.3 Å². The fraction of sp³-hybridized carbons (Fsp3) is 0.194. The van der Waals surface area contributed by atoms with Crippen LogP contribution < -0.4 is 20.1 Å². The first-order valence-electron chi connectivity index (χ1n) is 13.3. The van der Waals surface area contributed by atoms with E-state index < -0.39 is 29.6 Å². The largest absolute Gasteiger partial charge is 0.493 e. The Labute approximate surface area is 262 Å². The van der Waals surface area contributed by atoms with Crippen LogP contribution in [0.4, 0.5) is 16.2 Å². The van der Waals surface area contributed by atoms with E-state index in [0.717, 1.165) is 10.5 Å². The molecular weight excluding hydrogens is 610 g/mol. The molecule has 4 rings (SSSR count). The van der Waals surface area contributed by atoms with E-state index in [2.05, 4.69) is 10.6 Å². The number of hydrogen-bond acceptors (Lipinski definition) is 9. The molecule has 44 heavy (non-hydrogen) atoms. The molecule has 0 spiro atoms. The third-order valence-electron chi connectivity index (χ3n) is 6.10. The molecule has 0 aromatic heterocycles. The average molecular weight is 638 g/mol. The number of benzene rings is 3. The van der Waals surface area contributed by atoms with E-state index in [0.29, 0.717) is 34.5 Å². The van der Waals surface area contributed by atoms with Crippen LogP contribution in [0.15, 0.2) is 65.6 Å². The molecule has 1 aliphatic heterocycles. The molecule has 1 heterocycles.